The lowest BCUT2D eigenvalue weighted by molar-refractivity contribution is -0.123. The SMILES string of the molecule is Cc1ccc([C@H](C)NC(C)C(=O)NC2CCCCC2)cc1. The minimum atomic E-state index is -0.164. The summed E-state index contributed by atoms with van der Waals surface area (Å²) in [4.78, 5) is 12.3. The molecule has 1 saturated carbocycles. The molecule has 1 unspecified atom stereocenters. The van der Waals surface area contributed by atoms with Gasteiger partial charge in [0.15, 0.2) is 0 Å². The topological polar surface area (TPSA) is 41.1 Å². The normalized spacial score (nSPS) is 19.0. The van der Waals surface area contributed by atoms with Gasteiger partial charge in [-0.05, 0) is 39.2 Å². The monoisotopic (exact) mass is 288 g/mol. The van der Waals surface area contributed by atoms with Crippen LogP contribution in [-0.4, -0.2) is 18.0 Å². The minimum Gasteiger partial charge on any atom is -0.352 e. The lowest BCUT2D eigenvalue weighted by Gasteiger charge is -2.26. The molecular weight excluding hydrogens is 260 g/mol. The van der Waals surface area contributed by atoms with Gasteiger partial charge < -0.3 is 5.32 Å². The van der Waals surface area contributed by atoms with Crippen molar-refractivity contribution >= 4 is 5.91 Å². The Morgan fingerprint density at radius 3 is 2.33 bits per heavy atom. The Kier molecular flexibility index (Phi) is 5.80. The van der Waals surface area contributed by atoms with Crippen molar-refractivity contribution in [1.82, 2.24) is 10.6 Å². The van der Waals surface area contributed by atoms with Gasteiger partial charge in [-0.1, -0.05) is 49.1 Å². The van der Waals surface area contributed by atoms with Gasteiger partial charge in [-0.2, -0.15) is 0 Å². The number of carbonyl (C=O) groups excluding carboxylic acids is 1. The summed E-state index contributed by atoms with van der Waals surface area (Å²) in [7, 11) is 0. The lowest BCUT2D eigenvalue weighted by atomic mass is 9.95. The van der Waals surface area contributed by atoms with Crippen LogP contribution in [0.4, 0.5) is 0 Å². The quantitative estimate of drug-likeness (QED) is 0.871. The highest BCUT2D eigenvalue weighted by atomic mass is 16.2. The predicted octanol–water partition coefficient (Wildman–Crippen LogP) is 3.48. The van der Waals surface area contributed by atoms with Crippen LogP contribution in [0.15, 0.2) is 24.3 Å². The molecule has 3 heteroatoms. The highest BCUT2D eigenvalue weighted by molar-refractivity contribution is 5.81. The number of nitrogens with one attached hydrogen (secondary N) is 2. The first-order valence-corrected chi connectivity index (χ1v) is 8.19. The second-order valence-electron chi connectivity index (χ2n) is 6.36. The van der Waals surface area contributed by atoms with E-state index in [4.69, 9.17) is 0 Å². The molecule has 1 fully saturated rings. The molecule has 21 heavy (non-hydrogen) atoms. The van der Waals surface area contributed by atoms with E-state index in [2.05, 4.69) is 48.7 Å². The van der Waals surface area contributed by atoms with Crippen LogP contribution in [0.2, 0.25) is 0 Å². The molecule has 0 aromatic heterocycles. The van der Waals surface area contributed by atoms with Crippen molar-refractivity contribution in [2.75, 3.05) is 0 Å². The second-order valence-corrected chi connectivity index (χ2v) is 6.36. The van der Waals surface area contributed by atoms with Crippen molar-refractivity contribution in [2.24, 2.45) is 0 Å². The first-order chi connectivity index (χ1) is 10.1. The van der Waals surface area contributed by atoms with Gasteiger partial charge in [0.05, 0.1) is 6.04 Å². The molecule has 3 nitrogen and oxygen atoms in total. The summed E-state index contributed by atoms with van der Waals surface area (Å²) in [6.07, 6.45) is 6.06. The van der Waals surface area contributed by atoms with Crippen LogP contribution in [0, 0.1) is 6.92 Å². The first-order valence-electron chi connectivity index (χ1n) is 8.19. The van der Waals surface area contributed by atoms with Crippen LogP contribution < -0.4 is 10.6 Å². The third-order valence-corrected chi connectivity index (χ3v) is 4.42. The standard InChI is InChI=1S/C18H28N2O/c1-13-9-11-16(12-10-13)14(2)19-15(3)18(21)20-17-7-5-4-6-8-17/h9-12,14-15,17,19H,4-8H2,1-3H3,(H,20,21)/t14-,15?/m0/s1. The molecule has 0 radical (unpaired) electrons. The Labute approximate surface area is 128 Å². The smallest absolute Gasteiger partial charge is 0.237 e. The number of carbonyl (C=O) groups is 1. The second kappa shape index (κ2) is 7.60. The Bertz CT molecular complexity index is 449. The third kappa shape index (κ3) is 4.85. The molecule has 1 aliphatic carbocycles. The van der Waals surface area contributed by atoms with Crippen LogP contribution in [0.1, 0.15) is 63.1 Å². The molecule has 116 valence electrons. The van der Waals surface area contributed by atoms with Crippen LogP contribution in [-0.2, 0) is 4.79 Å². The summed E-state index contributed by atoms with van der Waals surface area (Å²) in [5.74, 6) is 0.126. The predicted molar refractivity (Wildman–Crippen MR) is 87.2 cm³/mol. The van der Waals surface area contributed by atoms with Crippen molar-refractivity contribution in [3.8, 4) is 0 Å². The van der Waals surface area contributed by atoms with Crippen LogP contribution in [0.25, 0.3) is 0 Å². The zero-order chi connectivity index (χ0) is 15.2. The molecular formula is C18H28N2O. The number of rotatable bonds is 5. The molecule has 1 aromatic rings. The fraction of sp³-hybridized carbons (Fsp3) is 0.611. The average molecular weight is 288 g/mol. The summed E-state index contributed by atoms with van der Waals surface area (Å²) in [6, 6.07) is 8.86. The van der Waals surface area contributed by atoms with E-state index in [9.17, 15) is 4.79 Å². The molecule has 1 amide bonds. The maximum absolute atomic E-state index is 12.3. The summed E-state index contributed by atoms with van der Waals surface area (Å²) >= 11 is 0. The van der Waals surface area contributed by atoms with Crippen LogP contribution >= 0.6 is 0 Å². The highest BCUT2D eigenvalue weighted by Crippen LogP contribution is 2.18. The van der Waals surface area contributed by atoms with Crippen molar-refractivity contribution in [2.45, 2.75) is 71.0 Å². The van der Waals surface area contributed by atoms with Crippen molar-refractivity contribution in [3.63, 3.8) is 0 Å². The Hall–Kier alpha value is -1.35. The third-order valence-electron chi connectivity index (χ3n) is 4.42. The van der Waals surface area contributed by atoms with Crippen molar-refractivity contribution in [1.29, 1.82) is 0 Å². The van der Waals surface area contributed by atoms with Crippen LogP contribution in [0.5, 0.6) is 0 Å². The van der Waals surface area contributed by atoms with E-state index < -0.39 is 0 Å². The van der Waals surface area contributed by atoms with Gasteiger partial charge in [-0.25, -0.2) is 0 Å². The summed E-state index contributed by atoms with van der Waals surface area (Å²) < 4.78 is 0. The van der Waals surface area contributed by atoms with Gasteiger partial charge in [-0.15, -0.1) is 0 Å². The fourth-order valence-corrected chi connectivity index (χ4v) is 2.98. The maximum Gasteiger partial charge on any atom is 0.237 e. The van der Waals surface area contributed by atoms with E-state index in [1.165, 1.54) is 30.4 Å². The molecule has 0 heterocycles. The van der Waals surface area contributed by atoms with Gasteiger partial charge >= 0.3 is 0 Å². The molecule has 0 aliphatic heterocycles. The molecule has 2 N–H and O–H groups in total. The van der Waals surface area contributed by atoms with E-state index in [1.807, 2.05) is 6.92 Å². The Balaban J connectivity index is 1.83. The number of aryl methyl sites for hydroxylation is 1. The minimum absolute atomic E-state index is 0.126. The van der Waals surface area contributed by atoms with Gasteiger partial charge in [-0.3, -0.25) is 10.1 Å². The Morgan fingerprint density at radius 2 is 1.71 bits per heavy atom. The number of hydrogen-bond acceptors (Lipinski definition) is 2. The highest BCUT2D eigenvalue weighted by Gasteiger charge is 2.20. The number of benzene rings is 1. The van der Waals surface area contributed by atoms with E-state index in [0.29, 0.717) is 6.04 Å². The molecule has 1 aliphatic rings. The molecule has 0 bridgehead atoms. The van der Waals surface area contributed by atoms with E-state index in [-0.39, 0.29) is 18.0 Å². The Morgan fingerprint density at radius 1 is 1.10 bits per heavy atom. The van der Waals surface area contributed by atoms with Gasteiger partial charge in [0, 0.05) is 12.1 Å². The van der Waals surface area contributed by atoms with Crippen molar-refractivity contribution < 1.29 is 4.79 Å². The summed E-state index contributed by atoms with van der Waals surface area (Å²) in [5.41, 5.74) is 2.48. The maximum atomic E-state index is 12.3. The molecule has 1 aromatic carbocycles. The van der Waals surface area contributed by atoms with E-state index >= 15 is 0 Å². The van der Waals surface area contributed by atoms with E-state index in [1.54, 1.807) is 0 Å². The number of hydrogen-bond donors (Lipinski definition) is 2. The number of amides is 1. The molecule has 0 saturated heterocycles. The van der Waals surface area contributed by atoms with Gasteiger partial charge in [0.25, 0.3) is 0 Å². The molecule has 2 atom stereocenters. The van der Waals surface area contributed by atoms with Crippen molar-refractivity contribution in [3.05, 3.63) is 35.4 Å². The summed E-state index contributed by atoms with van der Waals surface area (Å²) in [5, 5.41) is 6.58. The molecule has 0 spiro atoms. The van der Waals surface area contributed by atoms with Gasteiger partial charge in [0.1, 0.15) is 0 Å². The zero-order valence-corrected chi connectivity index (χ0v) is 13.5. The lowest BCUT2D eigenvalue weighted by Crippen LogP contribution is -2.47. The zero-order valence-electron chi connectivity index (χ0n) is 13.5. The van der Waals surface area contributed by atoms with E-state index in [0.717, 1.165) is 12.8 Å². The van der Waals surface area contributed by atoms with Gasteiger partial charge in [0.2, 0.25) is 5.91 Å². The largest absolute Gasteiger partial charge is 0.352 e. The average Bonchev–Trinajstić information content (AvgIpc) is 2.48. The summed E-state index contributed by atoms with van der Waals surface area (Å²) in [6.45, 7) is 6.14. The molecule has 2 rings (SSSR count). The first kappa shape index (κ1) is 16.0. The fourth-order valence-electron chi connectivity index (χ4n) is 2.98. The van der Waals surface area contributed by atoms with Crippen LogP contribution in [0.3, 0.4) is 0 Å².